The van der Waals surface area contributed by atoms with E-state index in [9.17, 15) is 13.2 Å². The number of rotatable bonds is 6. The van der Waals surface area contributed by atoms with E-state index in [-0.39, 0.29) is 6.54 Å². The molecule has 2 rings (SSSR count). The highest BCUT2D eigenvalue weighted by atomic mass is 79.9. The fourth-order valence-corrected chi connectivity index (χ4v) is 3.18. The second kappa shape index (κ2) is 8.26. The lowest BCUT2D eigenvalue weighted by molar-refractivity contribution is -0.119. The SMILES string of the molecule is C/C(=N/NC(=O)CN(c1ccc(Br)cc1)S(C)(=O)=O)c1ccccc1. The third-order valence-corrected chi connectivity index (χ3v) is 5.01. The van der Waals surface area contributed by atoms with Crippen LogP contribution >= 0.6 is 15.9 Å². The number of carbonyl (C=O) groups is 1. The van der Waals surface area contributed by atoms with Crippen LogP contribution in [0.3, 0.4) is 0 Å². The predicted molar refractivity (Wildman–Crippen MR) is 103 cm³/mol. The van der Waals surface area contributed by atoms with Crippen molar-refractivity contribution >= 4 is 43.3 Å². The van der Waals surface area contributed by atoms with E-state index in [0.29, 0.717) is 11.4 Å². The Labute approximate surface area is 155 Å². The van der Waals surface area contributed by atoms with Gasteiger partial charge in [0.2, 0.25) is 10.0 Å². The quantitative estimate of drug-likeness (QED) is 0.572. The maximum Gasteiger partial charge on any atom is 0.260 e. The maximum atomic E-state index is 12.1. The van der Waals surface area contributed by atoms with Gasteiger partial charge in [-0.1, -0.05) is 46.3 Å². The molecule has 0 bridgehead atoms. The van der Waals surface area contributed by atoms with Gasteiger partial charge in [-0.05, 0) is 36.8 Å². The number of halogens is 1. The largest absolute Gasteiger partial charge is 0.271 e. The molecule has 1 N–H and O–H groups in total. The summed E-state index contributed by atoms with van der Waals surface area (Å²) in [5, 5.41) is 4.03. The van der Waals surface area contributed by atoms with E-state index in [0.717, 1.165) is 20.6 Å². The number of nitrogens with zero attached hydrogens (tertiary/aromatic N) is 2. The van der Waals surface area contributed by atoms with Crippen molar-refractivity contribution in [1.29, 1.82) is 0 Å². The average molecular weight is 424 g/mol. The summed E-state index contributed by atoms with van der Waals surface area (Å²) in [4.78, 5) is 12.1. The molecule has 0 radical (unpaired) electrons. The molecule has 6 nitrogen and oxygen atoms in total. The molecule has 0 atom stereocenters. The molecule has 8 heteroatoms. The van der Waals surface area contributed by atoms with Gasteiger partial charge in [-0.2, -0.15) is 5.10 Å². The standard InChI is InChI=1S/C17H18BrN3O3S/c1-13(14-6-4-3-5-7-14)19-20-17(22)12-21(25(2,23)24)16-10-8-15(18)9-11-16/h3-11H,12H2,1-2H3,(H,20,22)/b19-13-. The van der Waals surface area contributed by atoms with Gasteiger partial charge in [0.05, 0.1) is 17.7 Å². The fraction of sp³-hybridized carbons (Fsp3) is 0.176. The highest BCUT2D eigenvalue weighted by Crippen LogP contribution is 2.20. The summed E-state index contributed by atoms with van der Waals surface area (Å²) in [5.41, 5.74) is 4.30. The molecule has 0 saturated carbocycles. The molecule has 0 saturated heterocycles. The van der Waals surface area contributed by atoms with Gasteiger partial charge < -0.3 is 0 Å². The first kappa shape index (κ1) is 19.1. The normalized spacial score (nSPS) is 11.9. The Kier molecular flexibility index (Phi) is 6.33. The van der Waals surface area contributed by atoms with Gasteiger partial charge in [0.1, 0.15) is 6.54 Å². The van der Waals surface area contributed by atoms with Crippen molar-refractivity contribution in [2.24, 2.45) is 5.10 Å². The van der Waals surface area contributed by atoms with Crippen molar-refractivity contribution < 1.29 is 13.2 Å². The summed E-state index contributed by atoms with van der Waals surface area (Å²) < 4.78 is 25.9. The van der Waals surface area contributed by atoms with Crippen LogP contribution in [0.4, 0.5) is 5.69 Å². The van der Waals surface area contributed by atoms with Crippen molar-refractivity contribution in [1.82, 2.24) is 5.43 Å². The van der Waals surface area contributed by atoms with E-state index < -0.39 is 15.9 Å². The molecule has 25 heavy (non-hydrogen) atoms. The molecule has 0 aliphatic rings. The minimum atomic E-state index is -3.61. The second-order valence-electron chi connectivity index (χ2n) is 5.34. The molecule has 0 spiro atoms. The Bertz CT molecular complexity index is 866. The van der Waals surface area contributed by atoms with Gasteiger partial charge in [-0.25, -0.2) is 13.8 Å². The Balaban J connectivity index is 2.11. The topological polar surface area (TPSA) is 78.8 Å². The number of benzene rings is 2. The number of nitrogens with one attached hydrogen (secondary N) is 1. The van der Waals surface area contributed by atoms with E-state index in [1.807, 2.05) is 30.3 Å². The zero-order chi connectivity index (χ0) is 18.4. The summed E-state index contributed by atoms with van der Waals surface area (Å²) in [6, 6.07) is 16.0. The lowest BCUT2D eigenvalue weighted by Crippen LogP contribution is -2.39. The first-order chi connectivity index (χ1) is 11.8. The molecular formula is C17H18BrN3O3S. The van der Waals surface area contributed by atoms with Gasteiger partial charge >= 0.3 is 0 Å². The number of hydrogen-bond acceptors (Lipinski definition) is 4. The zero-order valence-corrected chi connectivity index (χ0v) is 16.2. The number of carbonyl (C=O) groups excluding carboxylic acids is 1. The number of hydrogen-bond donors (Lipinski definition) is 1. The number of sulfonamides is 1. The minimum Gasteiger partial charge on any atom is -0.271 e. The predicted octanol–water partition coefficient (Wildman–Crippen LogP) is 2.76. The van der Waals surface area contributed by atoms with Crippen molar-refractivity contribution in [3.8, 4) is 0 Å². The van der Waals surface area contributed by atoms with Crippen LogP contribution in [0.25, 0.3) is 0 Å². The third kappa shape index (κ3) is 5.68. The monoisotopic (exact) mass is 423 g/mol. The average Bonchev–Trinajstić information content (AvgIpc) is 2.58. The Morgan fingerprint density at radius 1 is 1.12 bits per heavy atom. The molecule has 0 unspecified atom stereocenters. The van der Waals surface area contributed by atoms with Crippen molar-refractivity contribution in [3.05, 3.63) is 64.6 Å². The number of anilines is 1. The van der Waals surface area contributed by atoms with Crippen LogP contribution in [-0.4, -0.2) is 32.8 Å². The zero-order valence-electron chi connectivity index (χ0n) is 13.8. The lowest BCUT2D eigenvalue weighted by Gasteiger charge is -2.21. The van der Waals surface area contributed by atoms with Crippen molar-refractivity contribution in [2.45, 2.75) is 6.92 Å². The van der Waals surface area contributed by atoms with Crippen LogP contribution in [0.1, 0.15) is 12.5 Å². The molecule has 2 aromatic carbocycles. The van der Waals surface area contributed by atoms with Gasteiger partial charge in [-0.15, -0.1) is 0 Å². The van der Waals surface area contributed by atoms with E-state index >= 15 is 0 Å². The van der Waals surface area contributed by atoms with Gasteiger partial charge in [0, 0.05) is 4.47 Å². The van der Waals surface area contributed by atoms with Crippen molar-refractivity contribution in [3.63, 3.8) is 0 Å². The molecular weight excluding hydrogens is 406 g/mol. The third-order valence-electron chi connectivity index (χ3n) is 3.34. The fourth-order valence-electron chi connectivity index (χ4n) is 2.06. The highest BCUT2D eigenvalue weighted by Gasteiger charge is 2.20. The van der Waals surface area contributed by atoms with Gasteiger partial charge in [0.15, 0.2) is 0 Å². The van der Waals surface area contributed by atoms with E-state index in [1.54, 1.807) is 31.2 Å². The van der Waals surface area contributed by atoms with E-state index in [1.165, 1.54) is 0 Å². The smallest absolute Gasteiger partial charge is 0.260 e. The Hall–Kier alpha value is -2.19. The molecule has 0 heterocycles. The van der Waals surface area contributed by atoms with E-state index in [2.05, 4.69) is 26.5 Å². The molecule has 0 fully saturated rings. The van der Waals surface area contributed by atoms with Crippen molar-refractivity contribution in [2.75, 3.05) is 17.1 Å². The second-order valence-corrected chi connectivity index (χ2v) is 8.17. The van der Waals surface area contributed by atoms with Crippen LogP contribution in [0.2, 0.25) is 0 Å². The molecule has 2 aromatic rings. The first-order valence-electron chi connectivity index (χ1n) is 7.39. The molecule has 1 amide bonds. The summed E-state index contributed by atoms with van der Waals surface area (Å²) >= 11 is 3.29. The van der Waals surface area contributed by atoms with E-state index in [4.69, 9.17) is 0 Å². The number of amides is 1. The summed E-state index contributed by atoms with van der Waals surface area (Å²) in [6.45, 7) is 1.41. The van der Waals surface area contributed by atoms with Crippen LogP contribution in [0.5, 0.6) is 0 Å². The number of hydrazone groups is 1. The van der Waals surface area contributed by atoms with Gasteiger partial charge in [-0.3, -0.25) is 9.10 Å². The molecule has 0 aliphatic carbocycles. The van der Waals surface area contributed by atoms with Crippen LogP contribution in [0.15, 0.2) is 64.2 Å². The van der Waals surface area contributed by atoms with Crippen LogP contribution in [-0.2, 0) is 14.8 Å². The summed E-state index contributed by atoms with van der Waals surface area (Å²) in [7, 11) is -3.61. The van der Waals surface area contributed by atoms with Crippen LogP contribution in [0, 0.1) is 0 Å². The maximum absolute atomic E-state index is 12.1. The first-order valence-corrected chi connectivity index (χ1v) is 10.0. The minimum absolute atomic E-state index is 0.355. The summed E-state index contributed by atoms with van der Waals surface area (Å²) in [5.74, 6) is -0.524. The van der Waals surface area contributed by atoms with Crippen LogP contribution < -0.4 is 9.73 Å². The highest BCUT2D eigenvalue weighted by molar-refractivity contribution is 9.10. The molecule has 0 aliphatic heterocycles. The summed E-state index contributed by atoms with van der Waals surface area (Å²) in [6.07, 6.45) is 1.06. The molecule has 132 valence electrons. The molecule has 0 aromatic heterocycles. The Morgan fingerprint density at radius 2 is 1.72 bits per heavy atom. The Morgan fingerprint density at radius 3 is 2.28 bits per heavy atom. The lowest BCUT2D eigenvalue weighted by atomic mass is 10.1. The van der Waals surface area contributed by atoms with Gasteiger partial charge in [0.25, 0.3) is 5.91 Å².